The minimum Gasteiger partial charge on any atom is -0.493 e. The number of halogens is 1. The maximum absolute atomic E-state index is 13.4. The van der Waals surface area contributed by atoms with Crippen molar-refractivity contribution in [3.8, 4) is 11.5 Å². The third kappa shape index (κ3) is 21.0. The first-order valence-corrected chi connectivity index (χ1v) is 32.2. The van der Waals surface area contributed by atoms with Crippen LogP contribution in [0.3, 0.4) is 0 Å². The molecular weight excluding hydrogens is 1200 g/mol. The Hall–Kier alpha value is -9.99. The first-order chi connectivity index (χ1) is 45.5. The lowest BCUT2D eigenvalue weighted by atomic mass is 10.0. The second-order valence-corrected chi connectivity index (χ2v) is 24.7. The Kier molecular flexibility index (Phi) is 26.4. The van der Waals surface area contributed by atoms with Crippen molar-refractivity contribution >= 4 is 46.1 Å². The van der Waals surface area contributed by atoms with Crippen LogP contribution >= 0.6 is 0 Å². The number of hydrogen-bond acceptors (Lipinski definition) is 11. The molecule has 10 aromatic rings. The van der Waals surface area contributed by atoms with Crippen LogP contribution in [0, 0.1) is 24.6 Å². The zero-order chi connectivity index (χ0) is 66.3. The number of benzene rings is 6. The Morgan fingerprint density at radius 3 is 1.59 bits per heavy atom. The zero-order valence-electron chi connectivity index (χ0n) is 54.9. The van der Waals surface area contributed by atoms with Crippen LogP contribution in [0.5, 0.6) is 11.5 Å². The van der Waals surface area contributed by atoms with Crippen LogP contribution in [0.1, 0.15) is 88.6 Å². The lowest BCUT2D eigenvalue weighted by Gasteiger charge is -2.37. The van der Waals surface area contributed by atoms with Crippen molar-refractivity contribution in [2.45, 2.75) is 106 Å². The van der Waals surface area contributed by atoms with Crippen molar-refractivity contribution < 1.29 is 38.1 Å². The van der Waals surface area contributed by atoms with Crippen molar-refractivity contribution in [2.24, 2.45) is 11.8 Å². The van der Waals surface area contributed by atoms with E-state index in [1.54, 1.807) is 47.8 Å². The van der Waals surface area contributed by atoms with Gasteiger partial charge in [-0.15, -0.1) is 10.2 Å². The highest BCUT2D eigenvalue weighted by Crippen LogP contribution is 2.24. The van der Waals surface area contributed by atoms with Gasteiger partial charge in [-0.1, -0.05) is 136 Å². The van der Waals surface area contributed by atoms with Gasteiger partial charge in [0.15, 0.2) is 0 Å². The number of rotatable bonds is 16. The van der Waals surface area contributed by atoms with E-state index in [1.807, 2.05) is 125 Å². The predicted octanol–water partition coefficient (Wildman–Crippen LogP) is 13.1. The number of aryl methyl sites for hydroxylation is 1. The lowest BCUT2D eigenvalue weighted by Crippen LogP contribution is -2.47. The van der Waals surface area contributed by atoms with Crippen molar-refractivity contribution in [2.75, 3.05) is 53.5 Å². The number of fused-ring (bicyclic) bond motifs is 2. The molecule has 4 aromatic heterocycles. The van der Waals surface area contributed by atoms with Crippen LogP contribution in [-0.2, 0) is 26.2 Å². The summed E-state index contributed by atoms with van der Waals surface area (Å²) in [5, 5.41) is 17.9. The van der Waals surface area contributed by atoms with Gasteiger partial charge in [-0.05, 0) is 180 Å². The first-order valence-electron chi connectivity index (χ1n) is 32.2. The first kappa shape index (κ1) is 70.9. The maximum Gasteiger partial charge on any atom is 0.375 e. The Labute approximate surface area is 557 Å². The molecule has 500 valence electrons. The molecule has 2 aliphatic rings. The Morgan fingerprint density at radius 2 is 1.06 bits per heavy atom. The molecule has 6 heterocycles. The molecule has 12 rings (SSSR count). The summed E-state index contributed by atoms with van der Waals surface area (Å²) in [5.74, 6) is 2.44. The molecule has 2 saturated heterocycles. The number of H-pyrrole nitrogens is 1. The average Bonchev–Trinajstić information content (AvgIpc) is 1.74. The number of ether oxygens (including phenoxy) is 2. The van der Waals surface area contributed by atoms with Crippen LogP contribution in [0.2, 0.25) is 0 Å². The summed E-state index contributed by atoms with van der Waals surface area (Å²) in [7, 11) is 4.23. The molecule has 2 fully saturated rings. The summed E-state index contributed by atoms with van der Waals surface area (Å²) in [5.41, 5.74) is 7.61. The van der Waals surface area contributed by atoms with Gasteiger partial charge >= 0.3 is 24.1 Å². The SMILES string of the molecule is C.CC(C)COc1ccc(CNC(=O)n2[nH+]cc3ccccc32)cc1.CC(C)COc1ccc(CNC(=O)n2cccc2)cc1.CN1CCC(N(Cc2ccc(F)cc2)C(=O)n2nnc3ccccc32)CC1.Cc1ccc(CN(C(=O)n2ccnc2)C2CCN(C)CC2)cc1. The minimum absolute atomic E-state index is 0. The maximum atomic E-state index is 13.4. The largest absolute Gasteiger partial charge is 0.493 e. The molecule has 3 N–H and O–H groups in total. The van der Waals surface area contributed by atoms with E-state index in [-0.39, 0.29) is 49.5 Å². The fourth-order valence-electron chi connectivity index (χ4n) is 10.8. The summed E-state index contributed by atoms with van der Waals surface area (Å²) in [6.07, 6.45) is 14.0. The lowest BCUT2D eigenvalue weighted by molar-refractivity contribution is -0.468. The second-order valence-electron chi connectivity index (χ2n) is 24.7. The Balaban J connectivity index is 0.000000163. The van der Waals surface area contributed by atoms with Gasteiger partial charge in [0.05, 0.1) is 24.1 Å². The number of aromatic nitrogens is 8. The molecule has 4 amide bonds. The summed E-state index contributed by atoms with van der Waals surface area (Å²) < 4.78 is 30.5. The number of hydrogen-bond donors (Lipinski definition) is 2. The van der Waals surface area contributed by atoms with Gasteiger partial charge in [-0.25, -0.2) is 28.6 Å². The molecule has 0 aliphatic carbocycles. The summed E-state index contributed by atoms with van der Waals surface area (Å²) in [4.78, 5) is 62.8. The highest BCUT2D eigenvalue weighted by atomic mass is 19.1. The van der Waals surface area contributed by atoms with E-state index in [0.29, 0.717) is 62.3 Å². The number of nitrogens with zero attached hydrogens (tertiary/aromatic N) is 11. The number of aromatic amines is 1. The van der Waals surface area contributed by atoms with Crippen LogP contribution in [0.25, 0.3) is 21.9 Å². The number of carbonyl (C=O) groups excluding carboxylic acids is 4. The Morgan fingerprint density at radius 1 is 0.579 bits per heavy atom. The topological polar surface area (TPSA) is 196 Å². The molecule has 0 saturated carbocycles. The summed E-state index contributed by atoms with van der Waals surface area (Å²) in [6, 6.07) is 49.0. The van der Waals surface area contributed by atoms with Crippen molar-refractivity contribution in [1.29, 1.82) is 0 Å². The molecule has 0 atom stereocenters. The molecule has 6 aromatic carbocycles. The molecule has 95 heavy (non-hydrogen) atoms. The van der Waals surface area contributed by atoms with Gasteiger partial charge in [0, 0.05) is 63.1 Å². The van der Waals surface area contributed by atoms with E-state index in [1.165, 1.54) is 37.2 Å². The average molecular weight is 1290 g/mol. The van der Waals surface area contributed by atoms with Crippen molar-refractivity contribution in [3.05, 3.63) is 229 Å². The number of amides is 4. The number of nitrogens with one attached hydrogen (secondary N) is 3. The predicted molar refractivity (Wildman–Crippen MR) is 370 cm³/mol. The normalized spacial score (nSPS) is 13.5. The second kappa shape index (κ2) is 35.3. The Bertz CT molecular complexity index is 3930. The molecule has 20 nitrogen and oxygen atoms in total. The van der Waals surface area contributed by atoms with Crippen LogP contribution in [0.4, 0.5) is 23.6 Å². The van der Waals surface area contributed by atoms with E-state index in [0.717, 1.165) is 91.0 Å². The number of piperidine rings is 2. The number of imidazole rings is 1. The highest BCUT2D eigenvalue weighted by molar-refractivity contribution is 5.89. The molecular formula is C74H92FN14O6+. The third-order valence-corrected chi connectivity index (χ3v) is 16.2. The van der Waals surface area contributed by atoms with Gasteiger partial charge in [0.25, 0.3) is 0 Å². The van der Waals surface area contributed by atoms with E-state index in [4.69, 9.17) is 9.47 Å². The molecule has 21 heteroatoms. The molecule has 0 radical (unpaired) electrons. The molecule has 0 spiro atoms. The number of para-hydroxylation sites is 2. The van der Waals surface area contributed by atoms with Crippen LogP contribution < -0.4 is 25.2 Å². The van der Waals surface area contributed by atoms with Gasteiger partial charge < -0.3 is 39.7 Å². The molecule has 0 bridgehead atoms. The quantitative estimate of drug-likeness (QED) is 0.0934. The minimum atomic E-state index is -0.279. The van der Waals surface area contributed by atoms with Gasteiger partial charge in [-0.2, -0.15) is 4.68 Å². The van der Waals surface area contributed by atoms with Crippen LogP contribution in [-0.4, -0.2) is 143 Å². The van der Waals surface area contributed by atoms with E-state index in [2.05, 4.69) is 114 Å². The number of likely N-dealkylation sites (tertiary alicyclic amines) is 2. The van der Waals surface area contributed by atoms with E-state index in [9.17, 15) is 23.6 Å². The number of carbonyl (C=O) groups is 4. The summed E-state index contributed by atoms with van der Waals surface area (Å²) in [6.45, 7) is 17.9. The highest BCUT2D eigenvalue weighted by Gasteiger charge is 2.31. The smallest absolute Gasteiger partial charge is 0.375 e. The molecule has 2 aliphatic heterocycles. The fourth-order valence-corrected chi connectivity index (χ4v) is 10.8. The van der Waals surface area contributed by atoms with Gasteiger partial charge in [0.2, 0.25) is 6.20 Å². The molecule has 0 unspecified atom stereocenters. The van der Waals surface area contributed by atoms with Gasteiger partial charge in [-0.3, -0.25) is 9.13 Å². The fraction of sp³-hybridized carbons (Fsp3) is 0.351. The van der Waals surface area contributed by atoms with E-state index >= 15 is 0 Å². The monoisotopic (exact) mass is 1290 g/mol. The third-order valence-electron chi connectivity index (χ3n) is 16.2. The van der Waals surface area contributed by atoms with Gasteiger partial charge in [0.1, 0.15) is 34.7 Å². The zero-order valence-corrected chi connectivity index (χ0v) is 54.9. The van der Waals surface area contributed by atoms with E-state index < -0.39 is 0 Å². The van der Waals surface area contributed by atoms with Crippen molar-refractivity contribution in [1.82, 2.24) is 64.0 Å². The summed E-state index contributed by atoms with van der Waals surface area (Å²) >= 11 is 0. The standard InChI is InChI=1S/C20H22FN5O.C19H21N3O2.C18H24N4O.C16H20N2O2.CH4/c1-24-12-10-17(11-13-24)25(14-15-6-8-16(21)9-7-15)20(27)26-19-5-3-2-4-18(19)22-23-26;1-14(2)13-24-17-9-7-15(8-10-17)11-20-19(23)22-18-6-4-3-5-16(18)12-21-22;1-15-3-5-16(6-4-15)13-22(17-7-10-20(2)11-8-17)18(23)21-12-9-19-14-21;1-13(2)12-20-15-7-5-14(6-8-15)11-17-16(19)18-9-3-4-10-18;/h2-9,17H,10-14H2,1H3;3-10,12,14H,11,13H2,1-2H3,(H,20,23);3-6,9,12,14,17H,7-8,10-11,13H2,1-2H3;3-10,13H,11-12H2,1-2H3,(H,17,19);1H4/p+1. The van der Waals surface area contributed by atoms with Crippen molar-refractivity contribution in [3.63, 3.8) is 0 Å². The van der Waals surface area contributed by atoms with Crippen LogP contribution in [0.15, 0.2) is 195 Å².